The van der Waals surface area contributed by atoms with E-state index in [1.165, 1.54) is 17.0 Å². The van der Waals surface area contributed by atoms with Gasteiger partial charge in [0.05, 0.1) is 17.1 Å². The molecule has 1 aromatic carbocycles. The van der Waals surface area contributed by atoms with Crippen LogP contribution >= 0.6 is 15.9 Å². The molecular formula is C16H20BrN3O4S. The van der Waals surface area contributed by atoms with E-state index in [0.717, 1.165) is 15.7 Å². The van der Waals surface area contributed by atoms with Gasteiger partial charge in [-0.15, -0.1) is 0 Å². The zero-order chi connectivity index (χ0) is 18.6. The minimum absolute atomic E-state index is 0.0309. The first-order chi connectivity index (χ1) is 11.7. The number of halogens is 1. The van der Waals surface area contributed by atoms with E-state index in [2.05, 4.69) is 25.8 Å². The summed E-state index contributed by atoms with van der Waals surface area (Å²) in [6, 6.07) is 6.30. The number of benzene rings is 1. The van der Waals surface area contributed by atoms with E-state index < -0.39 is 10.0 Å². The predicted octanol–water partition coefficient (Wildman–Crippen LogP) is 2.38. The third-order valence-corrected chi connectivity index (χ3v) is 5.76. The molecule has 0 spiro atoms. The van der Waals surface area contributed by atoms with Crippen molar-refractivity contribution >= 4 is 31.9 Å². The average Bonchev–Trinajstić information content (AvgIpc) is 2.86. The number of aromatic nitrogens is 1. The minimum Gasteiger partial charge on any atom is -0.361 e. The molecule has 136 valence electrons. The van der Waals surface area contributed by atoms with Crippen molar-refractivity contribution in [2.24, 2.45) is 0 Å². The van der Waals surface area contributed by atoms with Crippen molar-refractivity contribution in [2.75, 3.05) is 13.6 Å². The maximum Gasteiger partial charge on any atom is 0.240 e. The minimum atomic E-state index is -3.63. The molecule has 25 heavy (non-hydrogen) atoms. The van der Waals surface area contributed by atoms with E-state index in [9.17, 15) is 13.2 Å². The molecule has 0 aliphatic rings. The molecule has 0 saturated heterocycles. The van der Waals surface area contributed by atoms with Gasteiger partial charge in [0.25, 0.3) is 0 Å². The number of carbonyl (C=O) groups excluding carboxylic acids is 1. The maximum absolute atomic E-state index is 12.2. The van der Waals surface area contributed by atoms with Crippen LogP contribution in [0.2, 0.25) is 0 Å². The van der Waals surface area contributed by atoms with Gasteiger partial charge < -0.3 is 9.42 Å². The summed E-state index contributed by atoms with van der Waals surface area (Å²) in [4.78, 5) is 13.9. The Labute approximate surface area is 155 Å². The summed E-state index contributed by atoms with van der Waals surface area (Å²) in [5, 5.41) is 3.85. The van der Waals surface area contributed by atoms with Gasteiger partial charge in [-0.3, -0.25) is 4.79 Å². The maximum atomic E-state index is 12.2. The monoisotopic (exact) mass is 429 g/mol. The largest absolute Gasteiger partial charge is 0.361 e. The Morgan fingerprint density at radius 1 is 1.28 bits per heavy atom. The Balaban J connectivity index is 1.88. The lowest BCUT2D eigenvalue weighted by Gasteiger charge is -2.17. The molecule has 0 bridgehead atoms. The van der Waals surface area contributed by atoms with Crippen LogP contribution in [0, 0.1) is 13.8 Å². The number of hydrogen-bond acceptors (Lipinski definition) is 5. The summed E-state index contributed by atoms with van der Waals surface area (Å²) < 4.78 is 32.6. The number of carbonyl (C=O) groups is 1. The zero-order valence-electron chi connectivity index (χ0n) is 14.2. The summed E-state index contributed by atoms with van der Waals surface area (Å²) in [5.74, 6) is 0.506. The lowest BCUT2D eigenvalue weighted by atomic mass is 10.2. The second-order valence-corrected chi connectivity index (χ2v) is 8.34. The van der Waals surface area contributed by atoms with Gasteiger partial charge in [-0.2, -0.15) is 0 Å². The van der Waals surface area contributed by atoms with Gasteiger partial charge in [-0.1, -0.05) is 21.1 Å². The summed E-state index contributed by atoms with van der Waals surface area (Å²) >= 11 is 3.26. The van der Waals surface area contributed by atoms with Gasteiger partial charge in [0.1, 0.15) is 5.76 Å². The second-order valence-electron chi connectivity index (χ2n) is 5.65. The predicted molar refractivity (Wildman–Crippen MR) is 96.4 cm³/mol. The molecule has 0 aliphatic heterocycles. The molecule has 2 aromatic rings. The van der Waals surface area contributed by atoms with Gasteiger partial charge in [-0.25, -0.2) is 13.1 Å². The fraction of sp³-hybridized carbons (Fsp3) is 0.375. The van der Waals surface area contributed by atoms with Crippen LogP contribution < -0.4 is 4.72 Å². The molecule has 1 aromatic heterocycles. The molecule has 0 saturated carbocycles. The number of nitrogens with zero attached hydrogens (tertiary/aromatic N) is 2. The van der Waals surface area contributed by atoms with Crippen LogP contribution in [0.5, 0.6) is 0 Å². The molecule has 0 aliphatic carbocycles. The Kier molecular flexibility index (Phi) is 6.36. The van der Waals surface area contributed by atoms with Crippen LogP contribution in [0.1, 0.15) is 23.4 Å². The number of amides is 1. The molecule has 0 unspecified atom stereocenters. The zero-order valence-corrected chi connectivity index (χ0v) is 16.6. The van der Waals surface area contributed by atoms with E-state index in [-0.39, 0.29) is 23.8 Å². The lowest BCUT2D eigenvalue weighted by Crippen LogP contribution is -2.32. The van der Waals surface area contributed by atoms with E-state index in [1.807, 2.05) is 6.92 Å². The van der Waals surface area contributed by atoms with Gasteiger partial charge in [0.2, 0.25) is 15.9 Å². The van der Waals surface area contributed by atoms with Crippen LogP contribution in [-0.2, 0) is 21.4 Å². The van der Waals surface area contributed by atoms with Crippen molar-refractivity contribution in [3.63, 3.8) is 0 Å². The molecule has 1 N–H and O–H groups in total. The molecule has 0 atom stereocenters. The van der Waals surface area contributed by atoms with Crippen LogP contribution in [0.4, 0.5) is 0 Å². The summed E-state index contributed by atoms with van der Waals surface area (Å²) in [5.41, 5.74) is 1.61. The van der Waals surface area contributed by atoms with Crippen molar-refractivity contribution < 1.29 is 17.7 Å². The summed E-state index contributed by atoms with van der Waals surface area (Å²) in [6.45, 7) is 4.01. The van der Waals surface area contributed by atoms with E-state index >= 15 is 0 Å². The quantitative estimate of drug-likeness (QED) is 0.728. The molecule has 0 radical (unpaired) electrons. The normalized spacial score (nSPS) is 11.5. The molecule has 0 fully saturated rings. The number of rotatable bonds is 7. The molecule has 1 heterocycles. The highest BCUT2D eigenvalue weighted by molar-refractivity contribution is 9.10. The lowest BCUT2D eigenvalue weighted by molar-refractivity contribution is -0.130. The SMILES string of the molecule is Cc1noc(C)c1CN(C)C(=O)CCNS(=O)(=O)c1ccc(Br)cc1. The second kappa shape index (κ2) is 8.11. The van der Waals surface area contributed by atoms with Crippen LogP contribution in [-0.4, -0.2) is 38.0 Å². The van der Waals surface area contributed by atoms with Crippen molar-refractivity contribution in [2.45, 2.75) is 31.7 Å². The molecule has 2 rings (SSSR count). The summed E-state index contributed by atoms with van der Waals surface area (Å²) in [6.07, 6.45) is 0.0651. The van der Waals surface area contributed by atoms with Crippen molar-refractivity contribution in [3.05, 3.63) is 45.8 Å². The first kappa shape index (κ1) is 19.6. The first-order valence-electron chi connectivity index (χ1n) is 7.61. The van der Waals surface area contributed by atoms with Crippen molar-refractivity contribution in [3.8, 4) is 0 Å². The number of hydrogen-bond donors (Lipinski definition) is 1. The highest BCUT2D eigenvalue weighted by atomic mass is 79.9. The Hall–Kier alpha value is -1.71. The highest BCUT2D eigenvalue weighted by Crippen LogP contribution is 2.15. The highest BCUT2D eigenvalue weighted by Gasteiger charge is 2.17. The van der Waals surface area contributed by atoms with Crippen LogP contribution in [0.3, 0.4) is 0 Å². The third kappa shape index (κ3) is 5.13. The number of nitrogens with one attached hydrogen (secondary N) is 1. The van der Waals surface area contributed by atoms with Crippen LogP contribution in [0.15, 0.2) is 38.2 Å². The van der Waals surface area contributed by atoms with E-state index in [1.54, 1.807) is 26.1 Å². The molecule has 7 nitrogen and oxygen atoms in total. The van der Waals surface area contributed by atoms with Crippen molar-refractivity contribution in [1.29, 1.82) is 0 Å². The average molecular weight is 430 g/mol. The molecule has 9 heteroatoms. The van der Waals surface area contributed by atoms with E-state index in [4.69, 9.17) is 4.52 Å². The number of sulfonamides is 1. The molecule has 1 amide bonds. The fourth-order valence-corrected chi connectivity index (χ4v) is 3.53. The van der Waals surface area contributed by atoms with E-state index in [0.29, 0.717) is 12.3 Å². The standard InChI is InChI=1S/C16H20BrN3O4S/c1-11-15(12(2)24-19-11)10-20(3)16(21)8-9-18-25(22,23)14-6-4-13(17)5-7-14/h4-7,18H,8-10H2,1-3H3. The van der Waals surface area contributed by atoms with Gasteiger partial charge in [-0.05, 0) is 38.1 Å². The smallest absolute Gasteiger partial charge is 0.240 e. The van der Waals surface area contributed by atoms with Gasteiger partial charge >= 0.3 is 0 Å². The van der Waals surface area contributed by atoms with Gasteiger partial charge in [0, 0.05) is 30.0 Å². The van der Waals surface area contributed by atoms with Crippen molar-refractivity contribution in [1.82, 2.24) is 14.8 Å². The third-order valence-electron chi connectivity index (χ3n) is 3.76. The Morgan fingerprint density at radius 2 is 1.92 bits per heavy atom. The summed E-state index contributed by atoms with van der Waals surface area (Å²) in [7, 11) is -1.96. The first-order valence-corrected chi connectivity index (χ1v) is 9.89. The Morgan fingerprint density at radius 3 is 2.48 bits per heavy atom. The van der Waals surface area contributed by atoms with Crippen LogP contribution in [0.25, 0.3) is 0 Å². The topological polar surface area (TPSA) is 92.5 Å². The van der Waals surface area contributed by atoms with Gasteiger partial charge in [0.15, 0.2) is 0 Å². The Bertz CT molecular complexity index is 827. The molecular weight excluding hydrogens is 410 g/mol. The fourth-order valence-electron chi connectivity index (χ4n) is 2.23. The number of aryl methyl sites for hydroxylation is 2.